The number of allylic oxidation sites excluding steroid dienone is 1. The number of nitrogens with two attached hydrogens (primary N) is 2. The molecule has 4 rings (SSSR count). The topological polar surface area (TPSA) is 91.4 Å². The third kappa shape index (κ3) is 4.54. The lowest BCUT2D eigenvalue weighted by Crippen LogP contribution is -2.51. The summed E-state index contributed by atoms with van der Waals surface area (Å²) in [6, 6.07) is 6.84. The highest BCUT2D eigenvalue weighted by atomic mass is 16.2. The van der Waals surface area contributed by atoms with E-state index in [9.17, 15) is 4.79 Å². The monoisotopic (exact) mass is 393 g/mol. The van der Waals surface area contributed by atoms with Gasteiger partial charge >= 0.3 is 0 Å². The molecule has 1 fully saturated rings. The van der Waals surface area contributed by atoms with Crippen molar-refractivity contribution in [2.75, 3.05) is 32.7 Å². The summed E-state index contributed by atoms with van der Waals surface area (Å²) in [6.45, 7) is 4.10. The van der Waals surface area contributed by atoms with Crippen LogP contribution in [-0.4, -0.2) is 59.5 Å². The molecule has 2 heterocycles. The number of hydrogen-bond donors (Lipinski definition) is 3. The van der Waals surface area contributed by atoms with Crippen LogP contribution in [0, 0.1) is 0 Å². The highest BCUT2D eigenvalue weighted by Crippen LogP contribution is 2.21. The molecule has 1 aliphatic heterocycles. The fourth-order valence-electron chi connectivity index (χ4n) is 4.35. The lowest BCUT2D eigenvalue weighted by atomic mass is 10.0. The number of benzene rings is 1. The van der Waals surface area contributed by atoms with Crippen molar-refractivity contribution in [1.29, 1.82) is 0 Å². The number of carbonyl (C=O) groups excluding carboxylic acids is 1. The van der Waals surface area contributed by atoms with E-state index in [1.54, 1.807) is 0 Å². The molecule has 154 valence electrons. The summed E-state index contributed by atoms with van der Waals surface area (Å²) in [5.74, 6) is 0.254. The minimum absolute atomic E-state index is 0.254. The van der Waals surface area contributed by atoms with Crippen LogP contribution < -0.4 is 11.5 Å². The molecular weight excluding hydrogens is 362 g/mol. The second-order valence-electron chi connectivity index (χ2n) is 8.02. The van der Waals surface area contributed by atoms with Crippen molar-refractivity contribution in [3.63, 3.8) is 0 Å². The lowest BCUT2D eigenvalue weighted by molar-refractivity contribution is -0.133. The summed E-state index contributed by atoms with van der Waals surface area (Å²) in [7, 11) is 0. The molecule has 6 heteroatoms. The maximum Gasteiger partial charge on any atom is 0.222 e. The minimum Gasteiger partial charge on any atom is -0.399 e. The number of piperazine rings is 1. The minimum atomic E-state index is 0.254. The maximum absolute atomic E-state index is 12.7. The van der Waals surface area contributed by atoms with Crippen LogP contribution in [0.4, 0.5) is 0 Å². The molecule has 1 atom stereocenters. The first kappa shape index (κ1) is 19.7. The summed E-state index contributed by atoms with van der Waals surface area (Å²) in [6.07, 6.45) is 11.5. The molecule has 1 aliphatic carbocycles. The average molecular weight is 394 g/mol. The number of hydrogen-bond acceptors (Lipinski definition) is 4. The lowest BCUT2D eigenvalue weighted by Gasteiger charge is -2.38. The first-order valence-electron chi connectivity index (χ1n) is 10.6. The molecule has 0 saturated carbocycles. The Labute approximate surface area is 172 Å². The number of aromatic nitrogens is 1. The van der Waals surface area contributed by atoms with Gasteiger partial charge < -0.3 is 21.4 Å². The van der Waals surface area contributed by atoms with Gasteiger partial charge in [0.15, 0.2) is 0 Å². The van der Waals surface area contributed by atoms with E-state index in [1.807, 2.05) is 17.2 Å². The van der Waals surface area contributed by atoms with Crippen molar-refractivity contribution in [3.8, 4) is 0 Å². The van der Waals surface area contributed by atoms with Crippen molar-refractivity contribution in [1.82, 2.24) is 14.8 Å². The van der Waals surface area contributed by atoms with Crippen molar-refractivity contribution < 1.29 is 4.79 Å². The third-order valence-electron chi connectivity index (χ3n) is 6.11. The number of fused-ring (bicyclic) bond motifs is 1. The van der Waals surface area contributed by atoms with Crippen molar-refractivity contribution in [2.24, 2.45) is 11.5 Å². The quantitative estimate of drug-likeness (QED) is 0.699. The van der Waals surface area contributed by atoms with E-state index in [0.29, 0.717) is 19.0 Å². The molecule has 0 spiro atoms. The zero-order valence-electron chi connectivity index (χ0n) is 16.9. The summed E-state index contributed by atoms with van der Waals surface area (Å²) < 4.78 is 0. The van der Waals surface area contributed by atoms with Gasteiger partial charge in [-0.2, -0.15) is 0 Å². The molecule has 1 saturated heterocycles. The van der Waals surface area contributed by atoms with Crippen LogP contribution in [0.25, 0.3) is 10.9 Å². The van der Waals surface area contributed by atoms with Gasteiger partial charge in [-0.1, -0.05) is 18.2 Å². The van der Waals surface area contributed by atoms with Gasteiger partial charge in [0, 0.05) is 61.4 Å². The number of nitrogens with zero attached hydrogens (tertiary/aromatic N) is 2. The van der Waals surface area contributed by atoms with Gasteiger partial charge in [0.2, 0.25) is 5.91 Å². The van der Waals surface area contributed by atoms with Crippen LogP contribution in [-0.2, 0) is 17.6 Å². The van der Waals surface area contributed by atoms with E-state index in [2.05, 4.69) is 40.2 Å². The molecule has 0 radical (unpaired) electrons. The van der Waals surface area contributed by atoms with Gasteiger partial charge in [-0.05, 0) is 55.1 Å². The Hall–Kier alpha value is -2.57. The fraction of sp³-hybridized carbons (Fsp3) is 0.435. The largest absolute Gasteiger partial charge is 0.399 e. The normalized spacial score (nSPS) is 20.2. The number of nitrogens with one attached hydrogen (secondary N) is 1. The average Bonchev–Trinajstić information content (AvgIpc) is 3.15. The van der Waals surface area contributed by atoms with E-state index < -0.39 is 0 Å². The number of rotatable bonds is 6. The Bertz CT molecular complexity index is 920. The van der Waals surface area contributed by atoms with Crippen molar-refractivity contribution >= 4 is 16.8 Å². The standard InChI is InChI=1S/C23H31N5O/c24-10-9-18-16-26-22-7-1-17(15-21(18)22)2-8-23(29)28-13-11-27(12-14-28)20-5-3-19(25)4-6-20/h1,3-5,7,15-16,20,26H,2,6,8-14,24-25H2. The number of H-pyrrole nitrogens is 1. The molecule has 29 heavy (non-hydrogen) atoms. The van der Waals surface area contributed by atoms with Crippen LogP contribution in [0.1, 0.15) is 24.0 Å². The van der Waals surface area contributed by atoms with Gasteiger partial charge in [-0.15, -0.1) is 0 Å². The molecular formula is C23H31N5O. The Morgan fingerprint density at radius 2 is 2.00 bits per heavy atom. The van der Waals surface area contributed by atoms with Crippen LogP contribution in [0.15, 0.2) is 48.3 Å². The van der Waals surface area contributed by atoms with Crippen molar-refractivity contribution in [3.05, 3.63) is 59.4 Å². The smallest absolute Gasteiger partial charge is 0.222 e. The highest BCUT2D eigenvalue weighted by Gasteiger charge is 2.25. The Kier molecular flexibility index (Phi) is 6.02. The molecule has 2 aliphatic rings. The van der Waals surface area contributed by atoms with E-state index in [1.165, 1.54) is 16.5 Å². The number of aryl methyl sites for hydroxylation is 1. The first-order chi connectivity index (χ1) is 14.1. The van der Waals surface area contributed by atoms with Gasteiger partial charge in [0.1, 0.15) is 0 Å². The summed E-state index contributed by atoms with van der Waals surface area (Å²) in [4.78, 5) is 20.5. The third-order valence-corrected chi connectivity index (χ3v) is 6.11. The Balaban J connectivity index is 1.29. The van der Waals surface area contributed by atoms with Crippen molar-refractivity contribution in [2.45, 2.75) is 31.7 Å². The van der Waals surface area contributed by atoms with Crippen LogP contribution in [0.5, 0.6) is 0 Å². The van der Waals surface area contributed by atoms with Crippen LogP contribution in [0.3, 0.4) is 0 Å². The SMILES string of the molecule is NCCc1c[nH]c2ccc(CCC(=O)N3CCN(C4C=CC(N)=CC4)CC3)cc12. The Morgan fingerprint density at radius 3 is 2.72 bits per heavy atom. The van der Waals surface area contributed by atoms with Crippen LogP contribution >= 0.6 is 0 Å². The van der Waals surface area contributed by atoms with E-state index in [4.69, 9.17) is 11.5 Å². The van der Waals surface area contributed by atoms with Gasteiger partial charge in [0.25, 0.3) is 0 Å². The molecule has 6 nitrogen and oxygen atoms in total. The predicted molar refractivity (Wildman–Crippen MR) is 117 cm³/mol. The molecule has 5 N–H and O–H groups in total. The Morgan fingerprint density at radius 1 is 1.17 bits per heavy atom. The number of aromatic amines is 1. The van der Waals surface area contributed by atoms with E-state index >= 15 is 0 Å². The second-order valence-corrected chi connectivity index (χ2v) is 8.02. The second kappa shape index (κ2) is 8.84. The zero-order chi connectivity index (χ0) is 20.2. The van der Waals surface area contributed by atoms with E-state index in [-0.39, 0.29) is 5.91 Å². The molecule has 0 bridgehead atoms. The molecule has 1 unspecified atom stereocenters. The van der Waals surface area contributed by atoms with E-state index in [0.717, 1.165) is 56.7 Å². The molecule has 1 aromatic heterocycles. The molecule has 1 aromatic carbocycles. The zero-order valence-corrected chi connectivity index (χ0v) is 16.9. The molecule has 1 amide bonds. The van der Waals surface area contributed by atoms with Gasteiger partial charge in [-0.3, -0.25) is 9.69 Å². The predicted octanol–water partition coefficient (Wildman–Crippen LogP) is 1.92. The van der Waals surface area contributed by atoms with Gasteiger partial charge in [-0.25, -0.2) is 0 Å². The first-order valence-corrected chi connectivity index (χ1v) is 10.6. The molecule has 2 aromatic rings. The fourth-order valence-corrected chi connectivity index (χ4v) is 4.35. The van der Waals surface area contributed by atoms with Gasteiger partial charge in [0.05, 0.1) is 0 Å². The summed E-state index contributed by atoms with van der Waals surface area (Å²) in [5, 5.41) is 1.23. The van der Waals surface area contributed by atoms with Crippen LogP contribution in [0.2, 0.25) is 0 Å². The number of carbonyl (C=O) groups is 1. The maximum atomic E-state index is 12.7. The highest BCUT2D eigenvalue weighted by molar-refractivity contribution is 5.84. The number of amides is 1. The summed E-state index contributed by atoms with van der Waals surface area (Å²) in [5.41, 5.74) is 16.0. The summed E-state index contributed by atoms with van der Waals surface area (Å²) >= 11 is 0.